The lowest BCUT2D eigenvalue weighted by Crippen LogP contribution is -1.93. The van der Waals surface area contributed by atoms with E-state index in [1.165, 1.54) is 0 Å². The molecule has 0 atom stereocenters. The summed E-state index contributed by atoms with van der Waals surface area (Å²) in [6, 6.07) is 5.42. The van der Waals surface area contributed by atoms with E-state index < -0.39 is 0 Å². The van der Waals surface area contributed by atoms with Gasteiger partial charge in [-0.3, -0.25) is 0 Å². The van der Waals surface area contributed by atoms with Gasteiger partial charge in [-0.25, -0.2) is 9.97 Å². The maximum absolute atomic E-state index is 5.75. The number of fused-ring (bicyclic) bond motifs is 1. The summed E-state index contributed by atoms with van der Waals surface area (Å²) in [5.41, 5.74) is 7.86. The van der Waals surface area contributed by atoms with Crippen molar-refractivity contribution in [3.8, 4) is 0 Å². The number of nitrogen functional groups attached to an aromatic ring is 1. The average molecular weight is 194 g/mol. The van der Waals surface area contributed by atoms with Crippen LogP contribution < -0.4 is 5.73 Å². The molecule has 0 aliphatic heterocycles. The van der Waals surface area contributed by atoms with Crippen LogP contribution in [0.5, 0.6) is 0 Å². The van der Waals surface area contributed by atoms with Crippen molar-refractivity contribution in [3.63, 3.8) is 0 Å². The molecule has 0 fully saturated rings. The van der Waals surface area contributed by atoms with Crippen molar-refractivity contribution in [1.29, 1.82) is 0 Å². The lowest BCUT2D eigenvalue weighted by Gasteiger charge is -2.01. The van der Waals surface area contributed by atoms with Gasteiger partial charge in [0, 0.05) is 16.8 Å². The predicted octanol–water partition coefficient (Wildman–Crippen LogP) is 2.17. The molecule has 2 aromatic rings. The van der Waals surface area contributed by atoms with Crippen LogP contribution in [0.4, 0.5) is 5.69 Å². The fourth-order valence-corrected chi connectivity index (χ4v) is 1.39. The summed E-state index contributed by atoms with van der Waals surface area (Å²) in [5.74, 6) is 0. The summed E-state index contributed by atoms with van der Waals surface area (Å²) in [4.78, 5) is 8.29. The molecule has 2 rings (SSSR count). The molecule has 0 saturated carbocycles. The summed E-state index contributed by atoms with van der Waals surface area (Å²) in [5, 5.41) is 1.22. The van der Waals surface area contributed by atoms with E-state index in [0.717, 1.165) is 11.1 Å². The van der Waals surface area contributed by atoms with Crippen LogP contribution in [0.3, 0.4) is 0 Å². The maximum Gasteiger partial charge on any atom is 0.163 e. The number of halogens is 1. The van der Waals surface area contributed by atoms with Crippen molar-refractivity contribution < 1.29 is 0 Å². The highest BCUT2D eigenvalue weighted by molar-refractivity contribution is 6.30. The minimum Gasteiger partial charge on any atom is -0.398 e. The Morgan fingerprint density at radius 3 is 2.85 bits per heavy atom. The number of hydrogen-bond donors (Lipinski definition) is 1. The van der Waals surface area contributed by atoms with Crippen LogP contribution in [0.2, 0.25) is 5.15 Å². The van der Waals surface area contributed by atoms with E-state index in [2.05, 4.69) is 9.97 Å². The Kier molecular flexibility index (Phi) is 1.81. The van der Waals surface area contributed by atoms with E-state index in [4.69, 9.17) is 17.3 Å². The standard InChI is InChI=1S/C9H8ClN3/c1-5-2-3-6-7(11)4-8(10)13-9(6)12-5/h2-4H,1H3,(H2,11,12,13). The fraction of sp³-hybridized carbons (Fsp3) is 0.111. The molecule has 0 saturated heterocycles. The Balaban J connectivity index is 2.86. The smallest absolute Gasteiger partial charge is 0.163 e. The van der Waals surface area contributed by atoms with Gasteiger partial charge in [0.15, 0.2) is 5.65 Å². The zero-order valence-corrected chi connectivity index (χ0v) is 7.84. The molecule has 0 bridgehead atoms. The van der Waals surface area contributed by atoms with Crippen LogP contribution in [-0.2, 0) is 0 Å². The van der Waals surface area contributed by atoms with Crippen LogP contribution in [0.25, 0.3) is 11.0 Å². The fourth-order valence-electron chi connectivity index (χ4n) is 1.19. The van der Waals surface area contributed by atoms with E-state index in [0.29, 0.717) is 16.5 Å². The van der Waals surface area contributed by atoms with Crippen molar-refractivity contribution in [1.82, 2.24) is 9.97 Å². The van der Waals surface area contributed by atoms with Crippen molar-refractivity contribution in [2.24, 2.45) is 0 Å². The maximum atomic E-state index is 5.75. The Morgan fingerprint density at radius 1 is 1.31 bits per heavy atom. The Hall–Kier alpha value is -1.35. The van der Waals surface area contributed by atoms with Gasteiger partial charge in [-0.05, 0) is 25.1 Å². The van der Waals surface area contributed by atoms with Gasteiger partial charge in [0.05, 0.1) is 0 Å². The zero-order valence-electron chi connectivity index (χ0n) is 7.08. The van der Waals surface area contributed by atoms with Gasteiger partial charge in [0.1, 0.15) is 5.15 Å². The second kappa shape index (κ2) is 2.85. The quantitative estimate of drug-likeness (QED) is 0.653. The molecule has 13 heavy (non-hydrogen) atoms. The van der Waals surface area contributed by atoms with Crippen molar-refractivity contribution >= 4 is 28.3 Å². The SMILES string of the molecule is Cc1ccc2c(N)cc(Cl)nc2n1. The minimum absolute atomic E-state index is 0.378. The first-order valence-corrected chi connectivity index (χ1v) is 4.24. The number of nitrogens with zero attached hydrogens (tertiary/aromatic N) is 2. The molecule has 3 nitrogen and oxygen atoms in total. The molecule has 0 amide bonds. The lowest BCUT2D eigenvalue weighted by molar-refractivity contribution is 1.20. The number of nitrogens with two attached hydrogens (primary N) is 1. The molecular weight excluding hydrogens is 186 g/mol. The second-order valence-electron chi connectivity index (χ2n) is 2.86. The molecule has 66 valence electrons. The van der Waals surface area contributed by atoms with E-state index in [-0.39, 0.29) is 0 Å². The molecule has 0 aliphatic rings. The Morgan fingerprint density at radius 2 is 2.08 bits per heavy atom. The Labute approximate surface area is 80.6 Å². The summed E-state index contributed by atoms with van der Waals surface area (Å²) in [6.45, 7) is 1.90. The van der Waals surface area contributed by atoms with Crippen LogP contribution in [0.1, 0.15) is 5.69 Å². The molecule has 4 heteroatoms. The van der Waals surface area contributed by atoms with Gasteiger partial charge in [0.25, 0.3) is 0 Å². The van der Waals surface area contributed by atoms with Gasteiger partial charge >= 0.3 is 0 Å². The molecule has 0 radical (unpaired) electrons. The topological polar surface area (TPSA) is 51.8 Å². The van der Waals surface area contributed by atoms with Crippen molar-refractivity contribution in [3.05, 3.63) is 29.0 Å². The highest BCUT2D eigenvalue weighted by Crippen LogP contribution is 2.21. The van der Waals surface area contributed by atoms with Gasteiger partial charge in [0.2, 0.25) is 0 Å². The molecule has 2 N–H and O–H groups in total. The third kappa shape index (κ3) is 1.42. The summed E-state index contributed by atoms with van der Waals surface area (Å²) in [6.07, 6.45) is 0. The van der Waals surface area contributed by atoms with E-state index in [9.17, 15) is 0 Å². The van der Waals surface area contributed by atoms with Crippen molar-refractivity contribution in [2.45, 2.75) is 6.92 Å². The highest BCUT2D eigenvalue weighted by Gasteiger charge is 2.02. The largest absolute Gasteiger partial charge is 0.398 e. The van der Waals surface area contributed by atoms with Crippen LogP contribution in [0, 0.1) is 6.92 Å². The number of anilines is 1. The minimum atomic E-state index is 0.378. The number of pyridine rings is 2. The highest BCUT2D eigenvalue weighted by atomic mass is 35.5. The van der Waals surface area contributed by atoms with E-state index >= 15 is 0 Å². The molecule has 0 aromatic carbocycles. The second-order valence-corrected chi connectivity index (χ2v) is 3.25. The van der Waals surface area contributed by atoms with E-state index in [1.54, 1.807) is 6.07 Å². The average Bonchev–Trinajstić information content (AvgIpc) is 2.02. The van der Waals surface area contributed by atoms with Gasteiger partial charge in [-0.15, -0.1) is 0 Å². The number of rotatable bonds is 0. The molecule has 0 aliphatic carbocycles. The molecule has 2 heterocycles. The first kappa shape index (κ1) is 8.26. The zero-order chi connectivity index (χ0) is 9.42. The summed E-state index contributed by atoms with van der Waals surface area (Å²) < 4.78 is 0. The third-order valence-electron chi connectivity index (χ3n) is 1.81. The molecule has 0 spiro atoms. The third-order valence-corrected chi connectivity index (χ3v) is 2.01. The van der Waals surface area contributed by atoms with Crippen LogP contribution in [-0.4, -0.2) is 9.97 Å². The first-order chi connectivity index (χ1) is 6.16. The number of hydrogen-bond acceptors (Lipinski definition) is 3. The van der Waals surface area contributed by atoms with E-state index in [1.807, 2.05) is 19.1 Å². The normalized spacial score (nSPS) is 10.6. The molecular formula is C9H8ClN3. The van der Waals surface area contributed by atoms with Crippen LogP contribution in [0.15, 0.2) is 18.2 Å². The van der Waals surface area contributed by atoms with Crippen LogP contribution >= 0.6 is 11.6 Å². The van der Waals surface area contributed by atoms with Gasteiger partial charge < -0.3 is 5.73 Å². The Bertz CT molecular complexity index is 462. The molecule has 0 unspecified atom stereocenters. The summed E-state index contributed by atoms with van der Waals surface area (Å²) in [7, 11) is 0. The van der Waals surface area contributed by atoms with Gasteiger partial charge in [-0.1, -0.05) is 11.6 Å². The van der Waals surface area contributed by atoms with Gasteiger partial charge in [-0.2, -0.15) is 0 Å². The monoisotopic (exact) mass is 193 g/mol. The number of aryl methyl sites for hydroxylation is 1. The lowest BCUT2D eigenvalue weighted by atomic mass is 10.2. The summed E-state index contributed by atoms with van der Waals surface area (Å²) >= 11 is 5.75. The number of aromatic nitrogens is 2. The first-order valence-electron chi connectivity index (χ1n) is 3.86. The predicted molar refractivity (Wildman–Crippen MR) is 53.7 cm³/mol. The van der Waals surface area contributed by atoms with Crippen molar-refractivity contribution in [2.75, 3.05) is 5.73 Å². The molecule has 2 aromatic heterocycles.